The van der Waals surface area contributed by atoms with Crippen LogP contribution in [0.1, 0.15) is 43.5 Å². The summed E-state index contributed by atoms with van der Waals surface area (Å²) in [5.74, 6) is 0.156. The van der Waals surface area contributed by atoms with E-state index < -0.39 is 9.84 Å². The number of hydrogen-bond acceptors (Lipinski definition) is 3. The lowest BCUT2D eigenvalue weighted by Crippen LogP contribution is -2.31. The van der Waals surface area contributed by atoms with Gasteiger partial charge < -0.3 is 5.32 Å². The topological polar surface area (TPSA) is 46.2 Å². The lowest BCUT2D eigenvalue weighted by atomic mass is 10.00. The van der Waals surface area contributed by atoms with Gasteiger partial charge in [-0.1, -0.05) is 30.7 Å². The zero-order valence-electron chi connectivity index (χ0n) is 12.5. The molecular formula is C15H25NO2S. The van der Waals surface area contributed by atoms with Gasteiger partial charge in [-0.05, 0) is 45.4 Å². The molecule has 1 rings (SSSR count). The summed E-state index contributed by atoms with van der Waals surface area (Å²) in [5.41, 5.74) is 3.38. The third kappa shape index (κ3) is 4.32. The minimum Gasteiger partial charge on any atom is -0.309 e. The molecule has 0 aliphatic carbocycles. The van der Waals surface area contributed by atoms with E-state index in [0.29, 0.717) is 0 Å². The van der Waals surface area contributed by atoms with Gasteiger partial charge in [0.2, 0.25) is 0 Å². The van der Waals surface area contributed by atoms with E-state index >= 15 is 0 Å². The van der Waals surface area contributed by atoms with Crippen LogP contribution < -0.4 is 5.32 Å². The molecule has 0 amide bonds. The Morgan fingerprint density at radius 2 is 1.84 bits per heavy atom. The first-order valence-electron chi connectivity index (χ1n) is 6.80. The van der Waals surface area contributed by atoms with Crippen molar-refractivity contribution in [2.75, 3.05) is 12.3 Å². The largest absolute Gasteiger partial charge is 0.309 e. The van der Waals surface area contributed by atoms with Crippen molar-refractivity contribution in [2.24, 2.45) is 0 Å². The fraction of sp³-hybridized carbons (Fsp3) is 0.600. The molecular weight excluding hydrogens is 258 g/mol. The Hall–Kier alpha value is -0.870. The van der Waals surface area contributed by atoms with Gasteiger partial charge in [-0.15, -0.1) is 0 Å². The van der Waals surface area contributed by atoms with Gasteiger partial charge in [-0.3, -0.25) is 0 Å². The summed E-state index contributed by atoms with van der Waals surface area (Å²) < 4.78 is 24.3. The molecule has 0 aliphatic rings. The van der Waals surface area contributed by atoms with E-state index in [1.165, 1.54) is 0 Å². The van der Waals surface area contributed by atoms with Crippen LogP contribution in [-0.4, -0.2) is 26.0 Å². The number of benzene rings is 1. The Morgan fingerprint density at radius 3 is 2.37 bits per heavy atom. The van der Waals surface area contributed by atoms with Gasteiger partial charge in [0, 0.05) is 6.04 Å². The smallest absolute Gasteiger partial charge is 0.154 e. The molecule has 0 fully saturated rings. The third-order valence-electron chi connectivity index (χ3n) is 3.38. The first kappa shape index (κ1) is 16.2. The van der Waals surface area contributed by atoms with E-state index in [9.17, 15) is 8.42 Å². The molecule has 1 N–H and O–H groups in total. The molecule has 108 valence electrons. The standard InChI is InChI=1S/C15H25NO2S/c1-6-16-15(10-19(17,18)11(2)3)14-9-12(4)7-8-13(14)5/h7-9,11,15-16H,6,10H2,1-5H3. The van der Waals surface area contributed by atoms with E-state index in [1.54, 1.807) is 13.8 Å². The number of nitrogens with one attached hydrogen (secondary N) is 1. The second-order valence-corrected chi connectivity index (χ2v) is 7.95. The van der Waals surface area contributed by atoms with Crippen molar-refractivity contribution in [2.45, 2.75) is 45.9 Å². The van der Waals surface area contributed by atoms with Gasteiger partial charge in [0.1, 0.15) is 0 Å². The molecule has 0 aliphatic heterocycles. The summed E-state index contributed by atoms with van der Waals surface area (Å²) >= 11 is 0. The Kier molecular flexibility index (Phi) is 5.56. The highest BCUT2D eigenvalue weighted by Gasteiger charge is 2.24. The lowest BCUT2D eigenvalue weighted by Gasteiger charge is -2.22. The number of aryl methyl sites for hydroxylation is 2. The van der Waals surface area contributed by atoms with Gasteiger partial charge >= 0.3 is 0 Å². The molecule has 1 aromatic rings. The van der Waals surface area contributed by atoms with E-state index in [1.807, 2.05) is 20.8 Å². The molecule has 4 heteroatoms. The van der Waals surface area contributed by atoms with Crippen LogP contribution >= 0.6 is 0 Å². The number of rotatable bonds is 6. The molecule has 0 spiro atoms. The summed E-state index contributed by atoms with van der Waals surface area (Å²) in [6.45, 7) is 10.3. The molecule has 1 atom stereocenters. The van der Waals surface area contributed by atoms with E-state index in [2.05, 4.69) is 23.5 Å². The quantitative estimate of drug-likeness (QED) is 0.873. The van der Waals surface area contributed by atoms with Crippen molar-refractivity contribution in [3.63, 3.8) is 0 Å². The van der Waals surface area contributed by atoms with Crippen LogP contribution in [0.2, 0.25) is 0 Å². The fourth-order valence-electron chi connectivity index (χ4n) is 2.07. The first-order valence-corrected chi connectivity index (χ1v) is 8.51. The van der Waals surface area contributed by atoms with Gasteiger partial charge in [0.25, 0.3) is 0 Å². The van der Waals surface area contributed by atoms with Gasteiger partial charge in [-0.2, -0.15) is 0 Å². The minimum atomic E-state index is -3.06. The Morgan fingerprint density at radius 1 is 1.21 bits per heavy atom. The maximum Gasteiger partial charge on any atom is 0.154 e. The second kappa shape index (κ2) is 6.53. The molecule has 3 nitrogen and oxygen atoms in total. The zero-order valence-corrected chi connectivity index (χ0v) is 13.3. The van der Waals surface area contributed by atoms with Gasteiger partial charge in [0.05, 0.1) is 11.0 Å². The van der Waals surface area contributed by atoms with Crippen LogP contribution in [0.15, 0.2) is 18.2 Å². The van der Waals surface area contributed by atoms with Crippen molar-refractivity contribution in [1.29, 1.82) is 0 Å². The van der Waals surface area contributed by atoms with E-state index in [0.717, 1.165) is 23.2 Å². The van der Waals surface area contributed by atoms with Crippen LogP contribution in [0, 0.1) is 13.8 Å². The predicted molar refractivity (Wildman–Crippen MR) is 81.3 cm³/mol. The molecule has 0 aromatic heterocycles. The molecule has 0 saturated heterocycles. The molecule has 1 aromatic carbocycles. The molecule has 1 unspecified atom stereocenters. The first-order chi connectivity index (χ1) is 8.77. The highest BCUT2D eigenvalue weighted by Crippen LogP contribution is 2.22. The van der Waals surface area contributed by atoms with Crippen molar-refractivity contribution in [3.05, 3.63) is 34.9 Å². The fourth-order valence-corrected chi connectivity index (χ4v) is 3.21. The maximum absolute atomic E-state index is 12.1. The molecule has 0 bridgehead atoms. The van der Waals surface area contributed by atoms with Crippen LogP contribution in [0.3, 0.4) is 0 Å². The molecule has 19 heavy (non-hydrogen) atoms. The van der Waals surface area contributed by atoms with E-state index in [4.69, 9.17) is 0 Å². The Balaban J connectivity index is 3.11. The Bertz CT molecular complexity index is 521. The van der Waals surface area contributed by atoms with E-state index in [-0.39, 0.29) is 17.0 Å². The highest BCUT2D eigenvalue weighted by molar-refractivity contribution is 7.92. The minimum absolute atomic E-state index is 0.127. The Labute approximate surface area is 117 Å². The SMILES string of the molecule is CCNC(CS(=O)(=O)C(C)C)c1cc(C)ccc1C. The van der Waals surface area contributed by atoms with Crippen molar-refractivity contribution in [1.82, 2.24) is 5.32 Å². The highest BCUT2D eigenvalue weighted by atomic mass is 32.2. The number of sulfone groups is 1. The normalized spacial score (nSPS) is 13.8. The van der Waals surface area contributed by atoms with Crippen LogP contribution in [0.4, 0.5) is 0 Å². The van der Waals surface area contributed by atoms with Crippen LogP contribution in [-0.2, 0) is 9.84 Å². The lowest BCUT2D eigenvalue weighted by molar-refractivity contribution is 0.552. The summed E-state index contributed by atoms with van der Waals surface area (Å²) in [6.07, 6.45) is 0. The van der Waals surface area contributed by atoms with Gasteiger partial charge in [0.15, 0.2) is 9.84 Å². The van der Waals surface area contributed by atoms with Crippen LogP contribution in [0.25, 0.3) is 0 Å². The average Bonchev–Trinajstić information content (AvgIpc) is 2.31. The predicted octanol–water partition coefficient (Wildman–Crippen LogP) is 2.78. The summed E-state index contributed by atoms with van der Waals surface area (Å²) in [5, 5.41) is 2.96. The maximum atomic E-state index is 12.1. The number of hydrogen-bond donors (Lipinski definition) is 1. The summed E-state index contributed by atoms with van der Waals surface area (Å²) in [7, 11) is -3.06. The van der Waals surface area contributed by atoms with Crippen LogP contribution in [0.5, 0.6) is 0 Å². The molecule has 0 saturated carbocycles. The van der Waals surface area contributed by atoms with Crippen molar-refractivity contribution in [3.8, 4) is 0 Å². The zero-order chi connectivity index (χ0) is 14.6. The monoisotopic (exact) mass is 283 g/mol. The second-order valence-electron chi connectivity index (χ2n) is 5.35. The average molecular weight is 283 g/mol. The summed E-state index contributed by atoms with van der Waals surface area (Å²) in [6, 6.07) is 6.06. The third-order valence-corrected chi connectivity index (χ3v) is 5.61. The molecule has 0 heterocycles. The van der Waals surface area contributed by atoms with Gasteiger partial charge in [-0.25, -0.2) is 8.42 Å². The molecule has 0 radical (unpaired) electrons. The summed E-state index contributed by atoms with van der Waals surface area (Å²) in [4.78, 5) is 0. The van der Waals surface area contributed by atoms with Crippen molar-refractivity contribution < 1.29 is 8.42 Å². The van der Waals surface area contributed by atoms with Crippen molar-refractivity contribution >= 4 is 9.84 Å².